The van der Waals surface area contributed by atoms with Gasteiger partial charge in [0.2, 0.25) is 0 Å². The van der Waals surface area contributed by atoms with Gasteiger partial charge in [-0.2, -0.15) is 0 Å². The Hall–Kier alpha value is -1.82. The van der Waals surface area contributed by atoms with E-state index in [0.29, 0.717) is 5.56 Å². The lowest BCUT2D eigenvalue weighted by Gasteiger charge is -1.96. The second-order valence-corrected chi connectivity index (χ2v) is 2.14. The van der Waals surface area contributed by atoms with Crippen LogP contribution in [0.15, 0.2) is 18.2 Å². The Bertz CT molecular complexity index is 363. The van der Waals surface area contributed by atoms with Gasteiger partial charge < -0.3 is 5.11 Å². The van der Waals surface area contributed by atoms with E-state index in [1.165, 1.54) is 6.07 Å². The lowest BCUT2D eigenvalue weighted by Crippen LogP contribution is -2.00. The Kier molecular flexibility index (Phi) is 2.11. The van der Waals surface area contributed by atoms with Crippen LogP contribution >= 0.6 is 0 Å². The van der Waals surface area contributed by atoms with Crippen molar-refractivity contribution >= 4 is 5.97 Å². The molecule has 0 radical (unpaired) electrons. The van der Waals surface area contributed by atoms with Gasteiger partial charge in [0.05, 0.1) is 5.56 Å². The molecule has 0 aromatic heterocycles. The molecular formula is C9H5FO2. The van der Waals surface area contributed by atoms with Crippen LogP contribution in [0, 0.1) is 18.2 Å². The fourth-order valence-electron chi connectivity index (χ4n) is 0.779. The van der Waals surface area contributed by atoms with Crippen molar-refractivity contribution in [1.29, 1.82) is 0 Å². The van der Waals surface area contributed by atoms with Crippen molar-refractivity contribution in [2.75, 3.05) is 0 Å². The molecule has 1 rings (SSSR count). The zero-order valence-corrected chi connectivity index (χ0v) is 6.04. The quantitative estimate of drug-likeness (QED) is 0.638. The van der Waals surface area contributed by atoms with Crippen LogP contribution in [0.4, 0.5) is 4.39 Å². The maximum atomic E-state index is 12.7. The van der Waals surface area contributed by atoms with Crippen LogP contribution in [0.2, 0.25) is 0 Å². The normalized spacial score (nSPS) is 9.00. The molecule has 0 aliphatic carbocycles. The van der Waals surface area contributed by atoms with Crippen LogP contribution in [0.5, 0.6) is 0 Å². The van der Waals surface area contributed by atoms with E-state index in [0.717, 1.165) is 12.1 Å². The second-order valence-electron chi connectivity index (χ2n) is 2.14. The fraction of sp³-hybridized carbons (Fsp3) is 0. The van der Waals surface area contributed by atoms with Crippen LogP contribution in [0.25, 0.3) is 0 Å². The summed E-state index contributed by atoms with van der Waals surface area (Å²) < 4.78 is 12.7. The van der Waals surface area contributed by atoms with E-state index < -0.39 is 17.3 Å². The Morgan fingerprint density at radius 1 is 1.58 bits per heavy atom. The molecule has 1 aromatic carbocycles. The lowest BCUT2D eigenvalue weighted by atomic mass is 10.1. The van der Waals surface area contributed by atoms with E-state index in [-0.39, 0.29) is 0 Å². The molecule has 0 unspecified atom stereocenters. The number of carboxylic acids is 1. The van der Waals surface area contributed by atoms with Gasteiger partial charge in [-0.3, -0.25) is 0 Å². The number of carbonyl (C=O) groups is 1. The number of aromatic carboxylic acids is 1. The third-order valence-electron chi connectivity index (χ3n) is 1.36. The third kappa shape index (κ3) is 1.43. The Balaban J connectivity index is 3.28. The third-order valence-corrected chi connectivity index (χ3v) is 1.36. The summed E-state index contributed by atoms with van der Waals surface area (Å²) in [7, 11) is 0. The van der Waals surface area contributed by atoms with Gasteiger partial charge in [-0.25, -0.2) is 9.18 Å². The highest BCUT2D eigenvalue weighted by molar-refractivity contribution is 5.88. The van der Waals surface area contributed by atoms with Gasteiger partial charge in [0.1, 0.15) is 5.82 Å². The minimum absolute atomic E-state index is 0.355. The van der Waals surface area contributed by atoms with Crippen molar-refractivity contribution in [3.8, 4) is 12.3 Å². The molecule has 0 fully saturated rings. The summed E-state index contributed by atoms with van der Waals surface area (Å²) in [5, 5.41) is 8.48. The Morgan fingerprint density at radius 3 is 2.75 bits per heavy atom. The first kappa shape index (κ1) is 8.28. The monoisotopic (exact) mass is 164 g/mol. The zero-order valence-electron chi connectivity index (χ0n) is 6.04. The van der Waals surface area contributed by atoms with Gasteiger partial charge in [0.25, 0.3) is 0 Å². The number of hydrogen-bond acceptors (Lipinski definition) is 1. The summed E-state index contributed by atoms with van der Waals surface area (Å²) in [6.07, 6.45) is 5.00. The molecule has 0 amide bonds. The highest BCUT2D eigenvalue weighted by atomic mass is 19.1. The molecule has 0 aliphatic rings. The molecule has 0 spiro atoms. The van der Waals surface area contributed by atoms with Gasteiger partial charge >= 0.3 is 5.97 Å². The number of hydrogen-bond donors (Lipinski definition) is 1. The summed E-state index contributed by atoms with van der Waals surface area (Å²) in [4.78, 5) is 10.4. The van der Waals surface area contributed by atoms with E-state index in [1.54, 1.807) is 0 Å². The van der Waals surface area contributed by atoms with Crippen LogP contribution in [0.1, 0.15) is 15.9 Å². The van der Waals surface area contributed by atoms with Crippen molar-refractivity contribution in [2.24, 2.45) is 0 Å². The van der Waals surface area contributed by atoms with Gasteiger partial charge in [-0.05, 0) is 18.2 Å². The predicted molar refractivity (Wildman–Crippen MR) is 41.3 cm³/mol. The molecule has 0 saturated heterocycles. The SMILES string of the molecule is C#Cc1ccc(F)c(C(=O)O)c1. The molecule has 12 heavy (non-hydrogen) atoms. The smallest absolute Gasteiger partial charge is 0.338 e. The molecular weight excluding hydrogens is 159 g/mol. The molecule has 1 N–H and O–H groups in total. The molecule has 2 nitrogen and oxygen atoms in total. The second kappa shape index (κ2) is 3.05. The predicted octanol–water partition coefficient (Wildman–Crippen LogP) is 1.51. The summed E-state index contributed by atoms with van der Waals surface area (Å²) in [5.41, 5.74) is -0.0424. The van der Waals surface area contributed by atoms with E-state index in [4.69, 9.17) is 11.5 Å². The molecule has 0 atom stereocenters. The van der Waals surface area contributed by atoms with Crippen molar-refractivity contribution in [1.82, 2.24) is 0 Å². The average molecular weight is 164 g/mol. The first-order valence-corrected chi connectivity index (χ1v) is 3.14. The van der Waals surface area contributed by atoms with Gasteiger partial charge in [-0.1, -0.05) is 5.92 Å². The van der Waals surface area contributed by atoms with Crippen molar-refractivity contribution in [3.63, 3.8) is 0 Å². The molecule has 0 bridgehead atoms. The Labute approximate surface area is 68.6 Å². The van der Waals surface area contributed by atoms with Crippen molar-refractivity contribution in [2.45, 2.75) is 0 Å². The topological polar surface area (TPSA) is 37.3 Å². The van der Waals surface area contributed by atoms with Crippen molar-refractivity contribution < 1.29 is 14.3 Å². The van der Waals surface area contributed by atoms with E-state index >= 15 is 0 Å². The van der Waals surface area contributed by atoms with Gasteiger partial charge in [0.15, 0.2) is 0 Å². The molecule has 0 saturated carbocycles. The summed E-state index contributed by atoms with van der Waals surface area (Å²) in [6.45, 7) is 0. The highest BCUT2D eigenvalue weighted by Crippen LogP contribution is 2.09. The standard InChI is InChI=1S/C9H5FO2/c1-2-6-3-4-8(10)7(5-6)9(11)12/h1,3-5H,(H,11,12). The minimum Gasteiger partial charge on any atom is -0.478 e. The number of benzene rings is 1. The molecule has 1 aromatic rings. The average Bonchev–Trinajstić information content (AvgIpc) is 2.05. The van der Waals surface area contributed by atoms with E-state index in [2.05, 4.69) is 5.92 Å². The first-order chi connectivity index (χ1) is 5.65. The van der Waals surface area contributed by atoms with Gasteiger partial charge in [0, 0.05) is 5.56 Å². The number of halogens is 1. The summed E-state index contributed by atoms with van der Waals surface area (Å²) in [6, 6.07) is 3.51. The molecule has 60 valence electrons. The largest absolute Gasteiger partial charge is 0.478 e. The number of rotatable bonds is 1. The maximum absolute atomic E-state index is 12.7. The highest BCUT2D eigenvalue weighted by Gasteiger charge is 2.09. The first-order valence-electron chi connectivity index (χ1n) is 3.14. The van der Waals surface area contributed by atoms with Crippen molar-refractivity contribution in [3.05, 3.63) is 35.1 Å². The summed E-state index contributed by atoms with van der Waals surface area (Å²) in [5.74, 6) is 0.128. The zero-order chi connectivity index (χ0) is 9.14. The van der Waals surface area contributed by atoms with Crippen LogP contribution in [0.3, 0.4) is 0 Å². The number of carboxylic acid groups (broad SMARTS) is 1. The van der Waals surface area contributed by atoms with Crippen LogP contribution < -0.4 is 0 Å². The number of terminal acetylenes is 1. The van der Waals surface area contributed by atoms with Crippen LogP contribution in [-0.2, 0) is 0 Å². The maximum Gasteiger partial charge on any atom is 0.338 e. The minimum atomic E-state index is -1.32. The molecule has 0 heterocycles. The van der Waals surface area contributed by atoms with Gasteiger partial charge in [-0.15, -0.1) is 6.42 Å². The molecule has 0 aliphatic heterocycles. The van der Waals surface area contributed by atoms with Crippen LogP contribution in [-0.4, -0.2) is 11.1 Å². The van der Waals surface area contributed by atoms with E-state index in [1.807, 2.05) is 0 Å². The Morgan fingerprint density at radius 2 is 2.25 bits per heavy atom. The summed E-state index contributed by atoms with van der Waals surface area (Å²) >= 11 is 0. The van der Waals surface area contributed by atoms with E-state index in [9.17, 15) is 9.18 Å². The fourth-order valence-corrected chi connectivity index (χ4v) is 0.779. The molecule has 3 heteroatoms. The lowest BCUT2D eigenvalue weighted by molar-refractivity contribution is 0.0692.